The van der Waals surface area contributed by atoms with Crippen LogP contribution in [0.15, 0.2) is 64.2 Å². The summed E-state index contributed by atoms with van der Waals surface area (Å²) in [5.41, 5.74) is 6.66. The molecule has 0 aliphatic heterocycles. The normalized spacial score (nSPS) is 10.8. The number of rotatable bonds is 10. The summed E-state index contributed by atoms with van der Waals surface area (Å²) in [6, 6.07) is 16.7. The first-order valence-corrected chi connectivity index (χ1v) is 11.7. The standard InChI is InChI=1S/C23H25ClN4O4S/c1-32-12-11-27-21(25)20(22(30)26-23(27)31)28(13-16-5-3-2-4-6-16)19(29)15-33-14-17-7-9-18(24)10-8-17/h2-10H,11-15,25H2,1H3,(H,26,30,31). The second-order valence-corrected chi connectivity index (χ2v) is 8.64. The fourth-order valence-electron chi connectivity index (χ4n) is 3.22. The minimum Gasteiger partial charge on any atom is -0.383 e. The number of aromatic amines is 1. The van der Waals surface area contributed by atoms with Crippen LogP contribution in [0.3, 0.4) is 0 Å². The van der Waals surface area contributed by atoms with E-state index in [1.807, 2.05) is 42.5 Å². The second-order valence-electron chi connectivity index (χ2n) is 7.22. The summed E-state index contributed by atoms with van der Waals surface area (Å²) >= 11 is 7.33. The van der Waals surface area contributed by atoms with Gasteiger partial charge in [0.2, 0.25) is 5.91 Å². The fraction of sp³-hybridized carbons (Fsp3) is 0.261. The number of ether oxygens (including phenoxy) is 1. The van der Waals surface area contributed by atoms with E-state index in [4.69, 9.17) is 22.1 Å². The Bertz CT molecular complexity index is 1200. The lowest BCUT2D eigenvalue weighted by molar-refractivity contribution is -0.116. The Kier molecular flexibility index (Phi) is 8.76. The number of methoxy groups -OCH3 is 1. The first kappa shape index (κ1) is 24.6. The lowest BCUT2D eigenvalue weighted by Gasteiger charge is -2.24. The van der Waals surface area contributed by atoms with Crippen LogP contribution in [0, 0.1) is 0 Å². The van der Waals surface area contributed by atoms with Crippen LogP contribution in [-0.2, 0) is 28.4 Å². The van der Waals surface area contributed by atoms with Crippen LogP contribution in [0.25, 0.3) is 0 Å². The van der Waals surface area contributed by atoms with E-state index in [1.165, 1.54) is 28.3 Å². The molecule has 0 unspecified atom stereocenters. The Morgan fingerprint density at radius 3 is 2.48 bits per heavy atom. The zero-order valence-electron chi connectivity index (χ0n) is 18.1. The van der Waals surface area contributed by atoms with Crippen LogP contribution in [0.5, 0.6) is 0 Å². The predicted molar refractivity (Wildman–Crippen MR) is 133 cm³/mol. The number of amides is 1. The number of aromatic nitrogens is 2. The Labute approximate surface area is 200 Å². The molecule has 33 heavy (non-hydrogen) atoms. The van der Waals surface area contributed by atoms with Crippen molar-refractivity contribution >= 4 is 40.8 Å². The summed E-state index contributed by atoms with van der Waals surface area (Å²) in [4.78, 5) is 41.9. The number of halogens is 1. The minimum absolute atomic E-state index is 0.0494. The average Bonchev–Trinajstić information content (AvgIpc) is 2.80. The third-order valence-electron chi connectivity index (χ3n) is 4.90. The Morgan fingerprint density at radius 1 is 1.12 bits per heavy atom. The highest BCUT2D eigenvalue weighted by molar-refractivity contribution is 7.99. The molecule has 10 heteroatoms. The molecule has 1 aromatic heterocycles. The molecule has 0 spiro atoms. The maximum atomic E-state index is 13.3. The zero-order valence-corrected chi connectivity index (χ0v) is 19.7. The molecular weight excluding hydrogens is 464 g/mol. The number of carbonyl (C=O) groups excluding carboxylic acids is 1. The number of nitrogen functional groups attached to an aromatic ring is 1. The maximum absolute atomic E-state index is 13.3. The van der Waals surface area contributed by atoms with E-state index in [0.29, 0.717) is 10.8 Å². The summed E-state index contributed by atoms with van der Waals surface area (Å²) in [6.45, 7) is 0.500. The molecule has 0 aliphatic carbocycles. The van der Waals surface area contributed by atoms with Gasteiger partial charge >= 0.3 is 5.69 Å². The van der Waals surface area contributed by atoms with Crippen molar-refractivity contribution in [3.8, 4) is 0 Å². The highest BCUT2D eigenvalue weighted by atomic mass is 35.5. The van der Waals surface area contributed by atoms with E-state index in [0.717, 1.165) is 11.1 Å². The van der Waals surface area contributed by atoms with Crippen molar-refractivity contribution in [3.63, 3.8) is 0 Å². The number of nitrogens with one attached hydrogen (secondary N) is 1. The number of benzene rings is 2. The third kappa shape index (κ3) is 6.50. The second kappa shape index (κ2) is 11.7. The average molecular weight is 489 g/mol. The number of nitrogens with zero attached hydrogens (tertiary/aromatic N) is 2. The minimum atomic E-state index is -0.710. The summed E-state index contributed by atoms with van der Waals surface area (Å²) < 4.78 is 6.23. The highest BCUT2D eigenvalue weighted by Gasteiger charge is 2.24. The Balaban J connectivity index is 1.89. The van der Waals surface area contributed by atoms with Crippen molar-refractivity contribution in [2.75, 3.05) is 30.1 Å². The van der Waals surface area contributed by atoms with Crippen LogP contribution in [0.2, 0.25) is 5.02 Å². The molecule has 3 N–H and O–H groups in total. The summed E-state index contributed by atoms with van der Waals surface area (Å²) in [6.07, 6.45) is 0. The van der Waals surface area contributed by atoms with Crippen LogP contribution in [-0.4, -0.2) is 34.9 Å². The molecule has 3 rings (SSSR count). The predicted octanol–water partition coefficient (Wildman–Crippen LogP) is 2.89. The van der Waals surface area contributed by atoms with Crippen LogP contribution in [0.1, 0.15) is 11.1 Å². The van der Waals surface area contributed by atoms with Gasteiger partial charge in [-0.3, -0.25) is 24.0 Å². The lowest BCUT2D eigenvalue weighted by atomic mass is 10.2. The van der Waals surface area contributed by atoms with E-state index in [1.54, 1.807) is 12.1 Å². The summed E-state index contributed by atoms with van der Waals surface area (Å²) in [5.74, 6) is 0.340. The molecule has 0 aliphatic rings. The number of H-pyrrole nitrogens is 1. The molecule has 1 heterocycles. The van der Waals surface area contributed by atoms with Gasteiger partial charge in [-0.1, -0.05) is 54.1 Å². The van der Waals surface area contributed by atoms with E-state index in [-0.39, 0.29) is 42.9 Å². The number of hydrogen-bond acceptors (Lipinski definition) is 6. The lowest BCUT2D eigenvalue weighted by Crippen LogP contribution is -2.41. The molecule has 1 amide bonds. The molecule has 3 aromatic rings. The van der Waals surface area contributed by atoms with Gasteiger partial charge in [-0.25, -0.2) is 4.79 Å². The molecule has 0 saturated heterocycles. The van der Waals surface area contributed by atoms with Gasteiger partial charge < -0.3 is 10.5 Å². The van der Waals surface area contributed by atoms with Gasteiger partial charge in [-0.2, -0.15) is 0 Å². The van der Waals surface area contributed by atoms with Gasteiger partial charge in [0.15, 0.2) is 5.69 Å². The van der Waals surface area contributed by atoms with Crippen molar-refractivity contribution in [3.05, 3.63) is 91.6 Å². The van der Waals surface area contributed by atoms with Crippen molar-refractivity contribution in [2.24, 2.45) is 0 Å². The van der Waals surface area contributed by atoms with Crippen molar-refractivity contribution in [1.82, 2.24) is 9.55 Å². The van der Waals surface area contributed by atoms with Crippen molar-refractivity contribution in [1.29, 1.82) is 0 Å². The number of carbonyl (C=O) groups is 1. The topological polar surface area (TPSA) is 110 Å². The van der Waals surface area contributed by atoms with Gasteiger partial charge in [0.25, 0.3) is 5.56 Å². The molecule has 8 nitrogen and oxygen atoms in total. The van der Waals surface area contributed by atoms with Crippen LogP contribution >= 0.6 is 23.4 Å². The first-order chi connectivity index (χ1) is 15.9. The number of nitrogens with two attached hydrogens (primary N) is 1. The van der Waals surface area contributed by atoms with E-state index in [9.17, 15) is 14.4 Å². The van der Waals surface area contributed by atoms with Crippen molar-refractivity contribution in [2.45, 2.75) is 18.8 Å². The quantitative estimate of drug-likeness (QED) is 0.454. The molecular formula is C23H25ClN4O4S. The SMILES string of the molecule is COCCn1c(N)c(N(Cc2ccccc2)C(=O)CSCc2ccc(Cl)cc2)c(=O)[nH]c1=O. The van der Waals surface area contributed by atoms with Crippen molar-refractivity contribution < 1.29 is 9.53 Å². The fourth-order valence-corrected chi connectivity index (χ4v) is 4.20. The largest absolute Gasteiger partial charge is 0.383 e. The summed E-state index contributed by atoms with van der Waals surface area (Å²) in [5, 5.41) is 0.646. The molecule has 0 fully saturated rings. The number of anilines is 2. The van der Waals surface area contributed by atoms with E-state index < -0.39 is 11.2 Å². The van der Waals surface area contributed by atoms with Gasteiger partial charge in [0.05, 0.1) is 25.4 Å². The maximum Gasteiger partial charge on any atom is 0.330 e. The molecule has 0 bridgehead atoms. The van der Waals surface area contributed by atoms with Gasteiger partial charge in [0, 0.05) is 17.9 Å². The molecule has 2 aromatic carbocycles. The smallest absolute Gasteiger partial charge is 0.330 e. The van der Waals surface area contributed by atoms with Gasteiger partial charge in [-0.05, 0) is 23.3 Å². The summed E-state index contributed by atoms with van der Waals surface area (Å²) in [7, 11) is 1.50. The molecule has 174 valence electrons. The highest BCUT2D eigenvalue weighted by Crippen LogP contribution is 2.22. The molecule has 0 saturated carbocycles. The number of hydrogen-bond donors (Lipinski definition) is 2. The van der Waals surface area contributed by atoms with E-state index >= 15 is 0 Å². The molecule has 0 radical (unpaired) electrons. The monoisotopic (exact) mass is 488 g/mol. The Hall–Kier alpha value is -3.01. The van der Waals surface area contributed by atoms with Crippen LogP contribution in [0.4, 0.5) is 11.5 Å². The zero-order chi connectivity index (χ0) is 23.8. The van der Waals surface area contributed by atoms with Gasteiger partial charge in [0.1, 0.15) is 5.82 Å². The van der Waals surface area contributed by atoms with E-state index in [2.05, 4.69) is 4.98 Å². The third-order valence-corrected chi connectivity index (χ3v) is 6.14. The molecule has 0 atom stereocenters. The number of thioether (sulfide) groups is 1. The Morgan fingerprint density at radius 2 is 1.82 bits per heavy atom. The van der Waals surface area contributed by atoms with Gasteiger partial charge in [-0.15, -0.1) is 11.8 Å². The van der Waals surface area contributed by atoms with Crippen LogP contribution < -0.4 is 21.9 Å². The first-order valence-electron chi connectivity index (χ1n) is 10.2.